The van der Waals surface area contributed by atoms with Gasteiger partial charge in [0.15, 0.2) is 11.5 Å². The van der Waals surface area contributed by atoms with Gasteiger partial charge >= 0.3 is 0 Å². The number of hydrogen-bond acceptors (Lipinski definition) is 6. The predicted molar refractivity (Wildman–Crippen MR) is 113 cm³/mol. The van der Waals surface area contributed by atoms with Crippen molar-refractivity contribution in [1.29, 1.82) is 0 Å². The van der Waals surface area contributed by atoms with Crippen molar-refractivity contribution in [2.75, 3.05) is 31.1 Å². The van der Waals surface area contributed by atoms with Crippen LogP contribution in [0.15, 0.2) is 30.3 Å². The molecule has 1 aromatic carbocycles. The minimum absolute atomic E-state index is 0.0872. The molecular weight excluding hydrogens is 364 g/mol. The van der Waals surface area contributed by atoms with E-state index in [2.05, 4.69) is 59.4 Å². The second-order valence-corrected chi connectivity index (χ2v) is 9.18. The minimum atomic E-state index is -0.0872. The average molecular weight is 393 g/mol. The van der Waals surface area contributed by atoms with Crippen LogP contribution in [-0.2, 0) is 18.4 Å². The first kappa shape index (κ1) is 18.4. The topological polar surface area (TPSA) is 67.6 Å². The third-order valence-electron chi connectivity index (χ3n) is 5.72. The van der Waals surface area contributed by atoms with Crippen LogP contribution in [0.2, 0.25) is 0 Å². The van der Waals surface area contributed by atoms with Crippen LogP contribution in [0.3, 0.4) is 0 Å². The van der Waals surface area contributed by atoms with Crippen molar-refractivity contribution in [3.63, 3.8) is 0 Å². The molecule has 0 radical (unpaired) electrons. The Kier molecular flexibility index (Phi) is 4.42. The van der Waals surface area contributed by atoms with E-state index in [0.29, 0.717) is 5.92 Å². The molecule has 0 spiro atoms. The summed E-state index contributed by atoms with van der Waals surface area (Å²) in [6.07, 6.45) is 1.03. The Morgan fingerprint density at radius 2 is 2.00 bits per heavy atom. The first-order valence-electron chi connectivity index (χ1n) is 10.4. The molecule has 0 unspecified atom stereocenters. The van der Waals surface area contributed by atoms with Crippen molar-refractivity contribution in [2.45, 2.75) is 39.2 Å². The molecule has 4 heterocycles. The summed E-state index contributed by atoms with van der Waals surface area (Å²) in [6, 6.07) is 10.6. The highest BCUT2D eigenvalue weighted by molar-refractivity contribution is 5.48. The van der Waals surface area contributed by atoms with E-state index in [1.807, 2.05) is 16.6 Å². The zero-order chi connectivity index (χ0) is 20.0. The first-order valence-corrected chi connectivity index (χ1v) is 10.4. The molecule has 152 valence electrons. The molecule has 2 aliphatic rings. The Balaban J connectivity index is 1.16. The van der Waals surface area contributed by atoms with E-state index < -0.39 is 0 Å². The fraction of sp³-hybridized carbons (Fsp3) is 0.500. The molecule has 1 saturated heterocycles. The number of aromatic nitrogens is 4. The van der Waals surface area contributed by atoms with E-state index in [1.54, 1.807) is 0 Å². The molecule has 3 aromatic rings. The lowest BCUT2D eigenvalue weighted by atomic mass is 9.96. The van der Waals surface area contributed by atoms with Crippen molar-refractivity contribution >= 4 is 11.5 Å². The van der Waals surface area contributed by atoms with Crippen LogP contribution in [-0.4, -0.2) is 46.1 Å². The molecule has 0 saturated carbocycles. The van der Waals surface area contributed by atoms with Gasteiger partial charge in [-0.05, 0) is 29.3 Å². The van der Waals surface area contributed by atoms with Gasteiger partial charge in [-0.1, -0.05) is 32.9 Å². The molecule has 1 N–H and O–H groups in total. The van der Waals surface area contributed by atoms with Gasteiger partial charge in [0.05, 0.1) is 6.61 Å². The molecule has 2 aliphatic heterocycles. The lowest BCUT2D eigenvalue weighted by molar-refractivity contribution is 0.356. The Bertz CT molecular complexity index is 1030. The lowest BCUT2D eigenvalue weighted by Gasteiger charge is -2.40. The molecule has 0 bridgehead atoms. The normalized spacial score (nSPS) is 16.7. The molecule has 0 amide bonds. The van der Waals surface area contributed by atoms with Gasteiger partial charge in [-0.2, -0.15) is 4.52 Å². The molecular formula is C22H28N6O. The van der Waals surface area contributed by atoms with Crippen molar-refractivity contribution in [3.8, 4) is 5.75 Å². The first-order chi connectivity index (χ1) is 14.0. The monoisotopic (exact) mass is 392 g/mol. The number of ether oxygens (including phenoxy) is 1. The summed E-state index contributed by atoms with van der Waals surface area (Å²) in [5, 5.41) is 17.0. The van der Waals surface area contributed by atoms with E-state index in [9.17, 15) is 0 Å². The van der Waals surface area contributed by atoms with Gasteiger partial charge in [-0.3, -0.25) is 0 Å². The van der Waals surface area contributed by atoms with Crippen molar-refractivity contribution in [2.24, 2.45) is 5.92 Å². The molecule has 0 atom stereocenters. The number of nitrogens with one attached hydrogen (secondary N) is 1. The summed E-state index contributed by atoms with van der Waals surface area (Å²) >= 11 is 0. The maximum Gasteiger partial charge on any atom is 0.178 e. The van der Waals surface area contributed by atoms with E-state index in [-0.39, 0.29) is 5.41 Å². The summed E-state index contributed by atoms with van der Waals surface area (Å²) in [5.41, 5.74) is 3.39. The lowest BCUT2D eigenvalue weighted by Crippen LogP contribution is -2.51. The summed E-state index contributed by atoms with van der Waals surface area (Å²) in [7, 11) is 0. The van der Waals surface area contributed by atoms with Crippen molar-refractivity contribution in [1.82, 2.24) is 25.1 Å². The number of anilines is 1. The van der Waals surface area contributed by atoms with Crippen LogP contribution < -0.4 is 15.0 Å². The second-order valence-electron chi connectivity index (χ2n) is 9.18. The van der Waals surface area contributed by atoms with Crippen LogP contribution in [0.1, 0.15) is 37.7 Å². The molecule has 29 heavy (non-hydrogen) atoms. The molecule has 7 heteroatoms. The minimum Gasteiger partial charge on any atom is -0.493 e. The third-order valence-corrected chi connectivity index (χ3v) is 5.72. The number of rotatable bonds is 5. The number of nitrogens with zero attached hydrogens (tertiary/aromatic N) is 5. The maximum absolute atomic E-state index is 5.58. The number of benzene rings is 1. The van der Waals surface area contributed by atoms with E-state index in [1.165, 1.54) is 11.1 Å². The van der Waals surface area contributed by atoms with E-state index in [4.69, 9.17) is 9.84 Å². The average Bonchev–Trinajstić information content (AvgIpc) is 3.28. The standard InChI is InChI=1S/C22H28N6O/c1-22(2,3)21-25-24-19-6-7-20(26-28(19)21)27-13-16(14-27)12-23-11-15-4-5-18-17(10-15)8-9-29-18/h4-7,10,16,23H,8-9,11-14H2,1-3H3. The van der Waals surface area contributed by atoms with Crippen LogP contribution in [0.5, 0.6) is 5.75 Å². The van der Waals surface area contributed by atoms with Gasteiger partial charge in [0.25, 0.3) is 0 Å². The fourth-order valence-corrected chi connectivity index (χ4v) is 4.07. The number of fused-ring (bicyclic) bond motifs is 2. The third kappa shape index (κ3) is 3.55. The van der Waals surface area contributed by atoms with E-state index in [0.717, 1.165) is 62.2 Å². The summed E-state index contributed by atoms with van der Waals surface area (Å²) in [6.45, 7) is 11.2. The molecule has 0 aliphatic carbocycles. The summed E-state index contributed by atoms with van der Waals surface area (Å²) in [5.74, 6) is 3.59. The highest BCUT2D eigenvalue weighted by Gasteiger charge is 2.29. The van der Waals surface area contributed by atoms with E-state index >= 15 is 0 Å². The van der Waals surface area contributed by atoms with Crippen LogP contribution in [0.4, 0.5) is 5.82 Å². The summed E-state index contributed by atoms with van der Waals surface area (Å²) in [4.78, 5) is 2.32. The smallest absolute Gasteiger partial charge is 0.178 e. The highest BCUT2D eigenvalue weighted by Crippen LogP contribution is 2.27. The van der Waals surface area contributed by atoms with Gasteiger partial charge < -0.3 is 15.0 Å². The largest absolute Gasteiger partial charge is 0.493 e. The fourth-order valence-electron chi connectivity index (χ4n) is 4.07. The van der Waals surface area contributed by atoms with Crippen LogP contribution in [0.25, 0.3) is 5.65 Å². The van der Waals surface area contributed by atoms with Crippen molar-refractivity contribution < 1.29 is 4.74 Å². The van der Waals surface area contributed by atoms with Gasteiger partial charge in [0.2, 0.25) is 0 Å². The SMILES string of the molecule is CC(C)(C)c1nnc2ccc(N3CC(CNCc4ccc5c(c4)CCO5)C3)nn12. The van der Waals surface area contributed by atoms with Crippen LogP contribution in [0, 0.1) is 5.92 Å². The molecule has 2 aromatic heterocycles. The second kappa shape index (κ2) is 6.99. The molecule has 1 fully saturated rings. The van der Waals surface area contributed by atoms with Gasteiger partial charge in [-0.15, -0.1) is 15.3 Å². The van der Waals surface area contributed by atoms with Crippen LogP contribution >= 0.6 is 0 Å². The molecule has 5 rings (SSSR count). The Labute approximate surface area is 171 Å². The quantitative estimate of drug-likeness (QED) is 0.720. The Morgan fingerprint density at radius 3 is 2.83 bits per heavy atom. The van der Waals surface area contributed by atoms with Gasteiger partial charge in [0, 0.05) is 43.9 Å². The highest BCUT2D eigenvalue weighted by atomic mass is 16.5. The van der Waals surface area contributed by atoms with Crippen molar-refractivity contribution in [3.05, 3.63) is 47.3 Å². The Morgan fingerprint density at radius 1 is 1.14 bits per heavy atom. The number of hydrogen-bond donors (Lipinski definition) is 1. The Hall–Kier alpha value is -2.67. The van der Waals surface area contributed by atoms with Gasteiger partial charge in [0.1, 0.15) is 11.6 Å². The zero-order valence-corrected chi connectivity index (χ0v) is 17.4. The maximum atomic E-state index is 5.58. The summed E-state index contributed by atoms with van der Waals surface area (Å²) < 4.78 is 7.47. The predicted octanol–water partition coefficient (Wildman–Crippen LogP) is 2.58. The van der Waals surface area contributed by atoms with Gasteiger partial charge in [-0.25, -0.2) is 0 Å². The zero-order valence-electron chi connectivity index (χ0n) is 17.4. The molecule has 7 nitrogen and oxygen atoms in total.